The van der Waals surface area contributed by atoms with Crippen molar-refractivity contribution in [2.45, 2.75) is 63.7 Å². The summed E-state index contributed by atoms with van der Waals surface area (Å²) in [5.41, 5.74) is 0.846. The number of hydrogen-bond acceptors (Lipinski definition) is 6. The van der Waals surface area contributed by atoms with Gasteiger partial charge in [-0.2, -0.15) is 4.98 Å². The molecule has 1 saturated carbocycles. The van der Waals surface area contributed by atoms with Crippen LogP contribution in [0, 0.1) is 5.82 Å². The second-order valence-corrected chi connectivity index (χ2v) is 10.7. The van der Waals surface area contributed by atoms with Gasteiger partial charge in [0, 0.05) is 23.0 Å². The second kappa shape index (κ2) is 8.69. The largest absolute Gasteiger partial charge is 0.447 e. The fourth-order valence-corrected chi connectivity index (χ4v) is 4.99. The summed E-state index contributed by atoms with van der Waals surface area (Å²) in [5, 5.41) is 3.67. The maximum atomic E-state index is 14.9. The molecular weight excluding hydrogens is 490 g/mol. The molecule has 1 aliphatic carbocycles. The Morgan fingerprint density at radius 2 is 2.03 bits per heavy atom. The standard InChI is InChI=1S/C25H27ClF2N6O2/c1-14(27)18-12-36-23(35)34(18)20-5-8-29-22(31-20)32-25(6-7-25)19-11-33(13-30-19)15-9-16(26)21(17(28)10-15)24(2,3)4/h5,8-11,13-14,18H,6-7,12H2,1-4H3,(H,29,31,32)/t14-,18+/m0/s1. The highest BCUT2D eigenvalue weighted by atomic mass is 35.5. The van der Waals surface area contributed by atoms with Crippen molar-refractivity contribution < 1.29 is 18.3 Å². The lowest BCUT2D eigenvalue weighted by atomic mass is 9.86. The zero-order valence-electron chi connectivity index (χ0n) is 20.4. The number of halogens is 3. The summed E-state index contributed by atoms with van der Waals surface area (Å²) in [4.78, 5) is 26.7. The predicted molar refractivity (Wildman–Crippen MR) is 132 cm³/mol. The smallest absolute Gasteiger partial charge is 0.416 e. The highest BCUT2D eigenvalue weighted by Gasteiger charge is 2.47. The topological polar surface area (TPSA) is 85.2 Å². The van der Waals surface area contributed by atoms with E-state index >= 15 is 0 Å². The molecule has 1 aromatic carbocycles. The molecule has 2 aromatic heterocycles. The number of alkyl halides is 1. The van der Waals surface area contributed by atoms with Crippen molar-refractivity contribution in [1.82, 2.24) is 19.5 Å². The monoisotopic (exact) mass is 516 g/mol. The molecular formula is C25H27ClF2N6O2. The van der Waals surface area contributed by atoms with Gasteiger partial charge < -0.3 is 14.6 Å². The quantitative estimate of drug-likeness (QED) is 0.463. The highest BCUT2D eigenvalue weighted by molar-refractivity contribution is 6.31. The third kappa shape index (κ3) is 4.38. The molecule has 5 rings (SSSR count). The fraction of sp³-hybridized carbons (Fsp3) is 0.440. The Morgan fingerprint density at radius 1 is 1.28 bits per heavy atom. The molecule has 0 spiro atoms. The normalized spacial score (nSPS) is 19.8. The number of cyclic esters (lactones) is 1. The summed E-state index contributed by atoms with van der Waals surface area (Å²) in [7, 11) is 0. The molecule has 1 saturated heterocycles. The number of carbonyl (C=O) groups excluding carboxylic acids is 1. The van der Waals surface area contributed by atoms with Gasteiger partial charge in [-0.15, -0.1) is 0 Å². The minimum absolute atomic E-state index is 0.0357. The van der Waals surface area contributed by atoms with Gasteiger partial charge in [-0.3, -0.25) is 4.90 Å². The maximum Gasteiger partial charge on any atom is 0.416 e. The summed E-state index contributed by atoms with van der Waals surface area (Å²) in [6, 6.07) is 3.98. The van der Waals surface area contributed by atoms with Crippen molar-refractivity contribution in [2.75, 3.05) is 16.8 Å². The molecule has 2 aliphatic rings. The lowest BCUT2D eigenvalue weighted by Gasteiger charge is -2.22. The number of nitrogens with one attached hydrogen (secondary N) is 1. The van der Waals surface area contributed by atoms with Crippen molar-refractivity contribution in [3.63, 3.8) is 0 Å². The second-order valence-electron chi connectivity index (χ2n) is 10.3. The Balaban J connectivity index is 1.39. The zero-order valence-corrected chi connectivity index (χ0v) is 21.2. The molecule has 0 unspecified atom stereocenters. The summed E-state index contributed by atoms with van der Waals surface area (Å²) < 4.78 is 35.7. The number of aromatic nitrogens is 4. The van der Waals surface area contributed by atoms with Crippen LogP contribution in [-0.4, -0.2) is 44.4 Å². The van der Waals surface area contributed by atoms with Crippen LogP contribution in [0.25, 0.3) is 5.69 Å². The average molecular weight is 517 g/mol. The SMILES string of the molecule is C[C@H](F)[C@H]1COC(=O)N1c1ccnc(NC2(c3cn(-c4cc(F)c(C(C)(C)C)c(Cl)c4)cn3)CC2)n1. The number of nitrogens with zero attached hydrogens (tertiary/aromatic N) is 5. The molecule has 11 heteroatoms. The molecule has 190 valence electrons. The van der Waals surface area contributed by atoms with Crippen LogP contribution in [0.5, 0.6) is 0 Å². The number of hydrogen-bond donors (Lipinski definition) is 1. The van der Waals surface area contributed by atoms with Crippen molar-refractivity contribution >= 4 is 29.5 Å². The van der Waals surface area contributed by atoms with E-state index in [9.17, 15) is 13.6 Å². The van der Waals surface area contributed by atoms with E-state index in [1.54, 1.807) is 23.0 Å². The first-order valence-electron chi connectivity index (χ1n) is 11.7. The number of carbonyl (C=O) groups is 1. The van der Waals surface area contributed by atoms with Crippen LogP contribution in [0.3, 0.4) is 0 Å². The van der Waals surface area contributed by atoms with Crippen LogP contribution < -0.4 is 10.2 Å². The molecule has 1 amide bonds. The van der Waals surface area contributed by atoms with E-state index in [0.29, 0.717) is 16.3 Å². The van der Waals surface area contributed by atoms with Gasteiger partial charge in [0.1, 0.15) is 30.5 Å². The van der Waals surface area contributed by atoms with Gasteiger partial charge in [-0.05, 0) is 43.4 Å². The molecule has 1 N–H and O–H groups in total. The van der Waals surface area contributed by atoms with E-state index in [4.69, 9.17) is 16.3 Å². The van der Waals surface area contributed by atoms with Gasteiger partial charge >= 0.3 is 6.09 Å². The van der Waals surface area contributed by atoms with Gasteiger partial charge in [0.2, 0.25) is 5.95 Å². The maximum absolute atomic E-state index is 14.9. The lowest BCUT2D eigenvalue weighted by Crippen LogP contribution is -2.39. The number of rotatable bonds is 6. The van der Waals surface area contributed by atoms with Crippen molar-refractivity contribution in [3.05, 3.63) is 59.0 Å². The van der Waals surface area contributed by atoms with Gasteiger partial charge in [0.15, 0.2) is 0 Å². The summed E-state index contributed by atoms with van der Waals surface area (Å²) in [5.74, 6) is 0.175. The Kier molecular flexibility index (Phi) is 5.89. The van der Waals surface area contributed by atoms with Crippen molar-refractivity contribution in [3.8, 4) is 5.69 Å². The van der Waals surface area contributed by atoms with Gasteiger partial charge in [0.25, 0.3) is 0 Å². The van der Waals surface area contributed by atoms with E-state index < -0.39 is 29.3 Å². The van der Waals surface area contributed by atoms with Crippen LogP contribution in [-0.2, 0) is 15.7 Å². The number of ether oxygens (including phenoxy) is 1. The fourth-order valence-electron chi connectivity index (χ4n) is 4.50. The molecule has 3 aromatic rings. The first-order valence-corrected chi connectivity index (χ1v) is 12.1. The molecule has 1 aliphatic heterocycles. The number of imidazole rings is 1. The van der Waals surface area contributed by atoms with Crippen LogP contribution in [0.15, 0.2) is 36.9 Å². The summed E-state index contributed by atoms with van der Waals surface area (Å²) >= 11 is 6.43. The van der Waals surface area contributed by atoms with Crippen molar-refractivity contribution in [1.29, 1.82) is 0 Å². The van der Waals surface area contributed by atoms with Crippen LogP contribution in [0.1, 0.15) is 51.8 Å². The van der Waals surface area contributed by atoms with E-state index in [2.05, 4.69) is 20.3 Å². The molecule has 8 nitrogen and oxygen atoms in total. The van der Waals surface area contributed by atoms with Crippen LogP contribution >= 0.6 is 11.6 Å². The Hall–Kier alpha value is -3.27. The van der Waals surface area contributed by atoms with Crippen molar-refractivity contribution in [2.24, 2.45) is 0 Å². The Labute approximate surface area is 212 Å². The summed E-state index contributed by atoms with van der Waals surface area (Å²) in [6.45, 7) is 7.09. The first kappa shape index (κ1) is 24.4. The predicted octanol–water partition coefficient (Wildman–Crippen LogP) is 5.54. The molecule has 0 radical (unpaired) electrons. The average Bonchev–Trinajstić information content (AvgIpc) is 3.21. The number of anilines is 2. The Morgan fingerprint density at radius 3 is 2.67 bits per heavy atom. The van der Waals surface area contributed by atoms with Crippen LogP contribution in [0.4, 0.5) is 25.3 Å². The van der Waals surface area contributed by atoms with E-state index in [-0.39, 0.29) is 24.2 Å². The number of benzene rings is 1. The Bertz CT molecular complexity index is 1290. The molecule has 0 bridgehead atoms. The van der Waals surface area contributed by atoms with Gasteiger partial charge in [0.05, 0.1) is 23.2 Å². The third-order valence-electron chi connectivity index (χ3n) is 6.57. The highest BCUT2D eigenvalue weighted by Crippen LogP contribution is 2.47. The van der Waals surface area contributed by atoms with Gasteiger partial charge in [-0.1, -0.05) is 32.4 Å². The van der Waals surface area contributed by atoms with E-state index in [0.717, 1.165) is 18.5 Å². The third-order valence-corrected chi connectivity index (χ3v) is 6.87. The van der Waals surface area contributed by atoms with Crippen LogP contribution in [0.2, 0.25) is 5.02 Å². The zero-order chi connectivity index (χ0) is 25.8. The molecule has 2 fully saturated rings. The minimum atomic E-state index is -1.28. The number of amides is 1. The molecule has 36 heavy (non-hydrogen) atoms. The lowest BCUT2D eigenvalue weighted by molar-refractivity contribution is 0.174. The van der Waals surface area contributed by atoms with Gasteiger partial charge in [-0.25, -0.2) is 23.5 Å². The molecule has 3 heterocycles. The molecule has 2 atom stereocenters. The van der Waals surface area contributed by atoms with E-state index in [1.165, 1.54) is 24.1 Å². The summed E-state index contributed by atoms with van der Waals surface area (Å²) in [6.07, 6.45) is 4.59. The minimum Gasteiger partial charge on any atom is -0.447 e. The first-order chi connectivity index (χ1) is 17.0. The van der Waals surface area contributed by atoms with E-state index in [1.807, 2.05) is 27.0 Å².